The van der Waals surface area contributed by atoms with Crippen LogP contribution in [0.5, 0.6) is 0 Å². The third-order valence-electron chi connectivity index (χ3n) is 4.49. The minimum Gasteiger partial charge on any atom is -0.338 e. The largest absolute Gasteiger partial charge is 0.338 e. The van der Waals surface area contributed by atoms with Crippen molar-refractivity contribution in [3.63, 3.8) is 0 Å². The van der Waals surface area contributed by atoms with Crippen molar-refractivity contribution in [3.8, 4) is 0 Å². The molecule has 1 aliphatic rings. The van der Waals surface area contributed by atoms with E-state index in [9.17, 15) is 0 Å². The topological polar surface area (TPSA) is 70.1 Å². The summed E-state index contributed by atoms with van der Waals surface area (Å²) in [5.41, 5.74) is 1.11. The van der Waals surface area contributed by atoms with Crippen LogP contribution in [0, 0.1) is 6.92 Å². The van der Waals surface area contributed by atoms with E-state index in [-0.39, 0.29) is 0 Å². The molecule has 1 aliphatic heterocycles. The molecule has 2 aromatic heterocycles. The first-order chi connectivity index (χ1) is 13.7. The van der Waals surface area contributed by atoms with Crippen LogP contribution in [0.15, 0.2) is 36.5 Å². The van der Waals surface area contributed by atoms with Gasteiger partial charge in [-0.2, -0.15) is 15.0 Å². The van der Waals surface area contributed by atoms with E-state index in [0.29, 0.717) is 17.7 Å². The second-order valence-corrected chi connectivity index (χ2v) is 7.99. The van der Waals surface area contributed by atoms with Crippen LogP contribution >= 0.6 is 11.3 Å². The number of likely N-dealkylation sites (N-methyl/N-ethyl adjacent to an activating group) is 1. The predicted octanol–water partition coefficient (Wildman–Crippen LogP) is 3.30. The van der Waals surface area contributed by atoms with E-state index in [1.54, 1.807) is 11.3 Å². The lowest BCUT2D eigenvalue weighted by molar-refractivity contribution is 0.311. The minimum absolute atomic E-state index is 0.519. The molecule has 144 valence electrons. The van der Waals surface area contributed by atoms with Crippen molar-refractivity contribution in [2.45, 2.75) is 6.92 Å². The van der Waals surface area contributed by atoms with E-state index in [1.165, 1.54) is 0 Å². The Morgan fingerprint density at radius 3 is 2.50 bits per heavy atom. The second-order valence-electron chi connectivity index (χ2n) is 6.75. The lowest BCUT2D eigenvalue weighted by atomic mass is 10.2. The SMILES string of the molecule is Cc1cnc(Nc2nc(/C=C/c3ccccc3)nc(N3CCN(C)CC3)n2)s1. The number of benzene rings is 1. The molecule has 0 atom stereocenters. The first-order valence-electron chi connectivity index (χ1n) is 9.28. The van der Waals surface area contributed by atoms with E-state index < -0.39 is 0 Å². The molecule has 0 radical (unpaired) electrons. The van der Waals surface area contributed by atoms with Gasteiger partial charge in [0.05, 0.1) is 0 Å². The molecular weight excluding hydrogens is 370 g/mol. The van der Waals surface area contributed by atoms with Gasteiger partial charge in [0.1, 0.15) is 0 Å². The highest BCUT2D eigenvalue weighted by Gasteiger charge is 2.18. The number of aromatic nitrogens is 4. The molecule has 0 amide bonds. The molecule has 0 saturated carbocycles. The number of nitrogens with zero attached hydrogens (tertiary/aromatic N) is 6. The molecule has 1 N–H and O–H groups in total. The number of anilines is 3. The monoisotopic (exact) mass is 393 g/mol. The van der Waals surface area contributed by atoms with E-state index >= 15 is 0 Å². The molecule has 0 spiro atoms. The molecule has 7 nitrogen and oxygen atoms in total. The normalized spacial score (nSPS) is 15.3. The third kappa shape index (κ3) is 4.71. The Hall–Kier alpha value is -2.84. The van der Waals surface area contributed by atoms with Gasteiger partial charge in [-0.25, -0.2) is 4.98 Å². The van der Waals surface area contributed by atoms with Crippen molar-refractivity contribution in [2.24, 2.45) is 0 Å². The van der Waals surface area contributed by atoms with Gasteiger partial charge in [0.25, 0.3) is 0 Å². The van der Waals surface area contributed by atoms with Crippen LogP contribution in [-0.2, 0) is 0 Å². The van der Waals surface area contributed by atoms with Crippen LogP contribution in [0.4, 0.5) is 17.0 Å². The average molecular weight is 394 g/mol. The number of hydrogen-bond acceptors (Lipinski definition) is 8. The maximum Gasteiger partial charge on any atom is 0.234 e. The molecule has 3 aromatic rings. The maximum absolute atomic E-state index is 4.69. The van der Waals surface area contributed by atoms with Gasteiger partial charge in [0.15, 0.2) is 11.0 Å². The Kier molecular flexibility index (Phi) is 5.59. The summed E-state index contributed by atoms with van der Waals surface area (Å²) in [5.74, 6) is 1.85. The fourth-order valence-electron chi connectivity index (χ4n) is 2.90. The Morgan fingerprint density at radius 2 is 1.79 bits per heavy atom. The molecule has 28 heavy (non-hydrogen) atoms. The highest BCUT2D eigenvalue weighted by Crippen LogP contribution is 2.22. The highest BCUT2D eigenvalue weighted by atomic mass is 32.1. The summed E-state index contributed by atoms with van der Waals surface area (Å²) in [4.78, 5) is 23.9. The highest BCUT2D eigenvalue weighted by molar-refractivity contribution is 7.15. The smallest absolute Gasteiger partial charge is 0.234 e. The van der Waals surface area contributed by atoms with E-state index in [0.717, 1.165) is 41.8 Å². The Morgan fingerprint density at radius 1 is 1.00 bits per heavy atom. The summed E-state index contributed by atoms with van der Waals surface area (Å²) < 4.78 is 0. The zero-order chi connectivity index (χ0) is 19.3. The summed E-state index contributed by atoms with van der Waals surface area (Å²) in [6, 6.07) is 10.1. The zero-order valence-corrected chi connectivity index (χ0v) is 16.9. The van der Waals surface area contributed by atoms with Crippen LogP contribution < -0.4 is 10.2 Å². The number of nitrogens with one attached hydrogen (secondary N) is 1. The molecule has 1 fully saturated rings. The number of hydrogen-bond donors (Lipinski definition) is 1. The molecule has 1 aromatic carbocycles. The van der Waals surface area contributed by atoms with Crippen molar-refractivity contribution in [1.82, 2.24) is 24.8 Å². The van der Waals surface area contributed by atoms with Gasteiger partial charge in [-0.1, -0.05) is 36.4 Å². The first kappa shape index (κ1) is 18.5. The molecule has 1 saturated heterocycles. The number of thiazole rings is 1. The third-order valence-corrected chi connectivity index (χ3v) is 5.32. The van der Waals surface area contributed by atoms with Gasteiger partial charge < -0.3 is 9.80 Å². The first-order valence-corrected chi connectivity index (χ1v) is 10.1. The zero-order valence-electron chi connectivity index (χ0n) is 16.0. The van der Waals surface area contributed by atoms with E-state index in [1.807, 2.05) is 43.5 Å². The van der Waals surface area contributed by atoms with Gasteiger partial charge in [0, 0.05) is 37.3 Å². The van der Waals surface area contributed by atoms with Crippen molar-refractivity contribution in [3.05, 3.63) is 52.8 Å². The fourth-order valence-corrected chi connectivity index (χ4v) is 3.56. The number of aryl methyl sites for hydroxylation is 1. The quantitative estimate of drug-likeness (QED) is 0.713. The summed E-state index contributed by atoms with van der Waals surface area (Å²) >= 11 is 1.58. The lowest BCUT2D eigenvalue weighted by Crippen LogP contribution is -2.45. The molecule has 0 aliphatic carbocycles. The molecule has 3 heterocycles. The van der Waals surface area contributed by atoms with E-state index in [2.05, 4.69) is 54.2 Å². The maximum atomic E-state index is 4.69. The van der Waals surface area contributed by atoms with Gasteiger partial charge in [0.2, 0.25) is 11.9 Å². The number of piperazine rings is 1. The number of rotatable bonds is 5. The molecular formula is C20H23N7S. The Labute approximate surface area is 168 Å². The van der Waals surface area contributed by atoms with Crippen molar-refractivity contribution in [1.29, 1.82) is 0 Å². The second kappa shape index (κ2) is 8.45. The fraction of sp³-hybridized carbons (Fsp3) is 0.300. The molecule has 8 heteroatoms. The van der Waals surface area contributed by atoms with Crippen molar-refractivity contribution in [2.75, 3.05) is 43.4 Å². The van der Waals surface area contributed by atoms with Crippen LogP contribution in [0.1, 0.15) is 16.3 Å². The molecule has 0 unspecified atom stereocenters. The average Bonchev–Trinajstić information content (AvgIpc) is 3.12. The van der Waals surface area contributed by atoms with Gasteiger partial charge in [-0.3, -0.25) is 5.32 Å². The lowest BCUT2D eigenvalue weighted by Gasteiger charge is -2.32. The van der Waals surface area contributed by atoms with Crippen LogP contribution in [0.25, 0.3) is 12.2 Å². The standard InChI is InChI=1S/C20H23N7S/c1-15-14-21-20(28-15)25-18-22-17(9-8-16-6-4-3-5-7-16)23-19(24-18)27-12-10-26(2)11-13-27/h3-9,14H,10-13H2,1-2H3,(H,21,22,23,24,25)/b9-8+. The van der Waals surface area contributed by atoms with Crippen LogP contribution in [0.3, 0.4) is 0 Å². The predicted molar refractivity (Wildman–Crippen MR) is 115 cm³/mol. The Bertz CT molecular complexity index is 946. The Balaban J connectivity index is 1.62. The van der Waals surface area contributed by atoms with Crippen molar-refractivity contribution >= 4 is 40.5 Å². The summed E-state index contributed by atoms with van der Waals surface area (Å²) in [6.45, 7) is 5.82. The summed E-state index contributed by atoms with van der Waals surface area (Å²) in [6.07, 6.45) is 5.78. The summed E-state index contributed by atoms with van der Waals surface area (Å²) in [5, 5.41) is 4.01. The van der Waals surface area contributed by atoms with Crippen molar-refractivity contribution < 1.29 is 0 Å². The van der Waals surface area contributed by atoms with Gasteiger partial charge in [-0.15, -0.1) is 11.3 Å². The minimum atomic E-state index is 0.519. The van der Waals surface area contributed by atoms with Crippen LogP contribution in [0.2, 0.25) is 0 Å². The van der Waals surface area contributed by atoms with Gasteiger partial charge in [-0.05, 0) is 25.6 Å². The van der Waals surface area contributed by atoms with Gasteiger partial charge >= 0.3 is 0 Å². The molecule has 0 bridgehead atoms. The van der Waals surface area contributed by atoms with E-state index in [4.69, 9.17) is 0 Å². The van der Waals surface area contributed by atoms with Crippen LogP contribution in [-0.4, -0.2) is 58.1 Å². The molecule has 4 rings (SSSR count). The summed E-state index contributed by atoms with van der Waals surface area (Å²) in [7, 11) is 2.14.